The first kappa shape index (κ1) is 9.64. The Balaban J connectivity index is 4.32. The zero-order valence-corrected chi connectivity index (χ0v) is 5.94. The lowest BCUT2D eigenvalue weighted by Crippen LogP contribution is -2.18. The van der Waals surface area contributed by atoms with Crippen molar-refractivity contribution in [2.24, 2.45) is 5.73 Å². The summed E-state index contributed by atoms with van der Waals surface area (Å²) in [5.74, 6) is -2.72. The largest absolute Gasteiger partial charge is 0.475 e. The van der Waals surface area contributed by atoms with Crippen LogP contribution in [-0.4, -0.2) is 28.1 Å². The van der Waals surface area contributed by atoms with Crippen molar-refractivity contribution in [3.63, 3.8) is 0 Å². The van der Waals surface area contributed by atoms with Crippen LogP contribution in [0.1, 0.15) is 6.92 Å². The lowest BCUT2D eigenvalue weighted by molar-refractivity contribution is -0.146. The maximum Gasteiger partial charge on any atom is 0.376 e. The summed E-state index contributed by atoms with van der Waals surface area (Å²) < 4.78 is 0. The highest BCUT2D eigenvalue weighted by atomic mass is 16.4. The van der Waals surface area contributed by atoms with Gasteiger partial charge in [-0.1, -0.05) is 0 Å². The molecule has 1 atom stereocenters. The number of aliphatic carboxylic acids is 1. The molecule has 5 heteroatoms. The van der Waals surface area contributed by atoms with Crippen LogP contribution in [0.2, 0.25) is 0 Å². The fourth-order valence-corrected chi connectivity index (χ4v) is 0.334. The molecule has 0 aliphatic heterocycles. The summed E-state index contributed by atoms with van der Waals surface area (Å²) >= 11 is 0. The summed E-state index contributed by atoms with van der Waals surface area (Å²) in [4.78, 5) is 20.3. The van der Waals surface area contributed by atoms with Gasteiger partial charge in [-0.25, -0.2) is 4.79 Å². The molecule has 0 saturated carbocycles. The van der Waals surface area contributed by atoms with Crippen molar-refractivity contribution in [1.29, 1.82) is 0 Å². The number of hydrogen-bond donors (Lipinski definition) is 3. The van der Waals surface area contributed by atoms with Crippen LogP contribution in [0.5, 0.6) is 0 Å². The van der Waals surface area contributed by atoms with Gasteiger partial charge in [-0.2, -0.15) is 0 Å². The Morgan fingerprint density at radius 3 is 2.27 bits per heavy atom. The molecule has 0 radical (unpaired) electrons. The minimum absolute atomic E-state index is 0.155. The van der Waals surface area contributed by atoms with Gasteiger partial charge in [-0.05, 0) is 6.92 Å². The van der Waals surface area contributed by atoms with E-state index in [1.54, 1.807) is 0 Å². The normalized spacial score (nSPS) is 14.2. The molecule has 1 unspecified atom stereocenters. The van der Waals surface area contributed by atoms with Gasteiger partial charge in [0.2, 0.25) is 0 Å². The molecule has 0 aliphatic rings. The van der Waals surface area contributed by atoms with Crippen molar-refractivity contribution < 1.29 is 19.8 Å². The van der Waals surface area contributed by atoms with Crippen LogP contribution in [0.3, 0.4) is 0 Å². The summed E-state index contributed by atoms with van der Waals surface area (Å²) in [6.45, 7) is 1.33. The van der Waals surface area contributed by atoms with E-state index in [0.717, 1.165) is 0 Å². The maximum atomic E-state index is 10.4. The van der Waals surface area contributed by atoms with Crippen LogP contribution in [-0.2, 0) is 9.59 Å². The fraction of sp³-hybridized carbons (Fsp3) is 0.333. The van der Waals surface area contributed by atoms with E-state index < -0.39 is 17.9 Å². The summed E-state index contributed by atoms with van der Waals surface area (Å²) in [6.07, 6.45) is -0.314. The minimum atomic E-state index is -1.59. The number of hydrogen-bond acceptors (Lipinski definition) is 4. The van der Waals surface area contributed by atoms with Crippen molar-refractivity contribution >= 4 is 11.8 Å². The number of carbonyl (C=O) groups is 2. The Hall–Kier alpha value is -1.36. The van der Waals surface area contributed by atoms with E-state index in [1.165, 1.54) is 6.92 Å². The second-order valence-electron chi connectivity index (χ2n) is 1.99. The molecule has 62 valence electrons. The Morgan fingerprint density at radius 2 is 2.00 bits per heavy atom. The van der Waals surface area contributed by atoms with E-state index in [-0.39, 0.29) is 5.70 Å². The molecule has 0 aromatic carbocycles. The third kappa shape index (κ3) is 3.36. The van der Waals surface area contributed by atoms with E-state index in [2.05, 4.69) is 0 Å². The number of nitrogens with two attached hydrogens (primary N) is 1. The molecule has 0 amide bonds. The second-order valence-corrected chi connectivity index (χ2v) is 1.99. The molecular formula is C6H9NO4. The van der Waals surface area contributed by atoms with Crippen molar-refractivity contribution in [3.05, 3.63) is 11.8 Å². The zero-order chi connectivity index (χ0) is 9.02. The van der Waals surface area contributed by atoms with Crippen LogP contribution >= 0.6 is 0 Å². The number of carbonyl (C=O) groups excluding carboxylic acids is 1. The monoisotopic (exact) mass is 159 g/mol. The van der Waals surface area contributed by atoms with Gasteiger partial charge in [-0.3, -0.25) is 4.79 Å². The predicted molar refractivity (Wildman–Crippen MR) is 36.6 cm³/mol. The number of rotatable bonds is 3. The first-order valence-corrected chi connectivity index (χ1v) is 2.87. The SMILES string of the molecule is CC(O)/C(N)=C/C(=O)C(=O)O. The summed E-state index contributed by atoms with van der Waals surface area (Å²) in [5.41, 5.74) is 4.93. The van der Waals surface area contributed by atoms with Crippen molar-refractivity contribution in [2.75, 3.05) is 0 Å². The summed E-state index contributed by atoms with van der Waals surface area (Å²) in [5, 5.41) is 16.8. The molecule has 11 heavy (non-hydrogen) atoms. The molecule has 0 bridgehead atoms. The van der Waals surface area contributed by atoms with Gasteiger partial charge >= 0.3 is 5.97 Å². The highest BCUT2D eigenvalue weighted by Gasteiger charge is 2.09. The first-order valence-electron chi connectivity index (χ1n) is 2.87. The average molecular weight is 159 g/mol. The minimum Gasteiger partial charge on any atom is -0.475 e. The van der Waals surface area contributed by atoms with Crippen molar-refractivity contribution in [3.8, 4) is 0 Å². The molecular weight excluding hydrogens is 150 g/mol. The van der Waals surface area contributed by atoms with E-state index in [0.29, 0.717) is 6.08 Å². The predicted octanol–water partition coefficient (Wildman–Crippen LogP) is -1.14. The summed E-state index contributed by atoms with van der Waals surface area (Å²) in [6, 6.07) is 0. The second kappa shape index (κ2) is 3.72. The lowest BCUT2D eigenvalue weighted by Gasteiger charge is -2.01. The van der Waals surface area contributed by atoms with Crippen LogP contribution in [0.15, 0.2) is 11.8 Å². The Kier molecular flexibility index (Phi) is 3.26. The zero-order valence-electron chi connectivity index (χ0n) is 5.94. The summed E-state index contributed by atoms with van der Waals surface area (Å²) in [7, 11) is 0. The molecule has 4 N–H and O–H groups in total. The highest BCUT2D eigenvalue weighted by Crippen LogP contribution is 1.92. The average Bonchev–Trinajstić information content (AvgIpc) is 1.87. The number of carboxylic acid groups (broad SMARTS) is 1. The maximum absolute atomic E-state index is 10.4. The van der Waals surface area contributed by atoms with Gasteiger partial charge in [0.25, 0.3) is 5.78 Å². The third-order valence-electron chi connectivity index (χ3n) is 0.991. The number of aliphatic hydroxyl groups excluding tert-OH is 1. The van der Waals surface area contributed by atoms with E-state index in [4.69, 9.17) is 15.9 Å². The number of carboxylic acids is 1. The van der Waals surface area contributed by atoms with Crippen LogP contribution in [0, 0.1) is 0 Å². The first-order chi connectivity index (χ1) is 4.95. The van der Waals surface area contributed by atoms with Crippen LogP contribution < -0.4 is 5.73 Å². The fourth-order valence-electron chi connectivity index (χ4n) is 0.334. The van der Waals surface area contributed by atoms with Gasteiger partial charge < -0.3 is 15.9 Å². The van der Waals surface area contributed by atoms with Gasteiger partial charge in [0.05, 0.1) is 6.10 Å². The van der Waals surface area contributed by atoms with E-state index in [1.807, 2.05) is 0 Å². The lowest BCUT2D eigenvalue weighted by atomic mass is 10.2. The highest BCUT2D eigenvalue weighted by molar-refractivity contribution is 6.37. The number of ketones is 1. The Morgan fingerprint density at radius 1 is 1.55 bits per heavy atom. The van der Waals surface area contributed by atoms with Crippen molar-refractivity contribution in [2.45, 2.75) is 13.0 Å². The molecule has 0 saturated heterocycles. The molecule has 0 aliphatic carbocycles. The van der Waals surface area contributed by atoms with Crippen molar-refractivity contribution in [1.82, 2.24) is 0 Å². The van der Waals surface area contributed by atoms with Gasteiger partial charge in [0, 0.05) is 11.8 Å². The quantitative estimate of drug-likeness (QED) is 0.357. The topological polar surface area (TPSA) is 101 Å². The van der Waals surface area contributed by atoms with Crippen LogP contribution in [0.4, 0.5) is 0 Å². The Labute approximate surface area is 63.1 Å². The third-order valence-corrected chi connectivity index (χ3v) is 0.991. The molecule has 0 aromatic heterocycles. The molecule has 0 heterocycles. The van der Waals surface area contributed by atoms with Crippen LogP contribution in [0.25, 0.3) is 0 Å². The van der Waals surface area contributed by atoms with Gasteiger partial charge in [0.1, 0.15) is 0 Å². The number of aliphatic hydroxyl groups is 1. The molecule has 0 rings (SSSR count). The standard InChI is InChI=1S/C6H9NO4/c1-3(8)4(7)2-5(9)6(10)11/h2-3,8H,7H2,1H3,(H,10,11)/b4-2-. The molecule has 0 spiro atoms. The van der Waals surface area contributed by atoms with E-state index >= 15 is 0 Å². The molecule has 0 aromatic rings. The Bertz CT molecular complexity index is 207. The van der Waals surface area contributed by atoms with Gasteiger partial charge in [-0.15, -0.1) is 0 Å². The molecule has 5 nitrogen and oxygen atoms in total. The van der Waals surface area contributed by atoms with E-state index in [9.17, 15) is 9.59 Å². The molecule has 0 fully saturated rings. The smallest absolute Gasteiger partial charge is 0.376 e. The van der Waals surface area contributed by atoms with Gasteiger partial charge in [0.15, 0.2) is 0 Å².